The largest absolute Gasteiger partial charge is 0.496 e. The van der Waals surface area contributed by atoms with Gasteiger partial charge in [0, 0.05) is 23.7 Å². The fraction of sp³-hybridized carbons (Fsp3) is 0.600. The fourth-order valence-corrected chi connectivity index (χ4v) is 2.99. The van der Waals surface area contributed by atoms with Crippen LogP contribution < -0.4 is 10.5 Å². The molecule has 5 heteroatoms. The number of ether oxygens (including phenoxy) is 1. The van der Waals surface area contributed by atoms with Crippen LogP contribution in [0.4, 0.5) is 5.69 Å². The summed E-state index contributed by atoms with van der Waals surface area (Å²) in [6, 6.07) is 4.41. The lowest BCUT2D eigenvalue weighted by Crippen LogP contribution is -2.13. The van der Waals surface area contributed by atoms with E-state index in [4.69, 9.17) is 10.5 Å². The van der Waals surface area contributed by atoms with Crippen LogP contribution in [0.25, 0.3) is 0 Å². The van der Waals surface area contributed by atoms with E-state index in [-0.39, 0.29) is 11.7 Å². The molecule has 1 unspecified atom stereocenters. The topological polar surface area (TPSA) is 78.4 Å². The lowest BCUT2D eigenvalue weighted by molar-refractivity contribution is -0.385. The molecule has 0 saturated heterocycles. The van der Waals surface area contributed by atoms with Gasteiger partial charge in [0.2, 0.25) is 0 Å². The van der Waals surface area contributed by atoms with Gasteiger partial charge in [0.15, 0.2) is 0 Å². The van der Waals surface area contributed by atoms with Crippen LogP contribution in [0.3, 0.4) is 0 Å². The molecule has 110 valence electrons. The summed E-state index contributed by atoms with van der Waals surface area (Å²) in [6.07, 6.45) is 7.16. The first-order valence-corrected chi connectivity index (χ1v) is 7.19. The molecule has 1 aliphatic carbocycles. The molecule has 0 aliphatic heterocycles. The second kappa shape index (κ2) is 6.70. The monoisotopic (exact) mass is 278 g/mol. The van der Waals surface area contributed by atoms with Crippen molar-refractivity contribution in [1.82, 2.24) is 0 Å². The normalized spacial score (nSPS) is 17.1. The van der Waals surface area contributed by atoms with Gasteiger partial charge in [0.25, 0.3) is 5.69 Å². The summed E-state index contributed by atoms with van der Waals surface area (Å²) in [5.41, 5.74) is 7.02. The van der Waals surface area contributed by atoms with Crippen molar-refractivity contribution in [2.24, 2.45) is 11.7 Å². The van der Waals surface area contributed by atoms with E-state index in [9.17, 15) is 10.1 Å². The number of nitrogens with two attached hydrogens (primary N) is 1. The van der Waals surface area contributed by atoms with Gasteiger partial charge >= 0.3 is 0 Å². The van der Waals surface area contributed by atoms with Crippen LogP contribution in [0.1, 0.15) is 50.1 Å². The summed E-state index contributed by atoms with van der Waals surface area (Å²) in [6.45, 7) is 0. The first-order chi connectivity index (χ1) is 9.61. The first kappa shape index (κ1) is 14.8. The van der Waals surface area contributed by atoms with Crippen molar-refractivity contribution in [3.8, 4) is 5.75 Å². The number of nitro groups is 1. The maximum Gasteiger partial charge on any atom is 0.270 e. The number of rotatable bonds is 6. The van der Waals surface area contributed by atoms with Crippen LogP contribution in [0.15, 0.2) is 18.2 Å². The Hall–Kier alpha value is -1.62. The summed E-state index contributed by atoms with van der Waals surface area (Å²) < 4.78 is 5.27. The first-order valence-electron chi connectivity index (χ1n) is 7.19. The number of hydrogen-bond acceptors (Lipinski definition) is 4. The van der Waals surface area contributed by atoms with Gasteiger partial charge in [-0.2, -0.15) is 0 Å². The third-order valence-electron chi connectivity index (χ3n) is 4.18. The average Bonchev–Trinajstić information content (AvgIpc) is 2.97. The van der Waals surface area contributed by atoms with Crippen LogP contribution in [0.2, 0.25) is 0 Å². The van der Waals surface area contributed by atoms with Crippen LogP contribution in [0, 0.1) is 16.0 Å². The van der Waals surface area contributed by atoms with E-state index in [2.05, 4.69) is 0 Å². The van der Waals surface area contributed by atoms with Crippen molar-refractivity contribution in [2.75, 3.05) is 7.11 Å². The molecule has 0 amide bonds. The second-order valence-corrected chi connectivity index (χ2v) is 5.52. The van der Waals surface area contributed by atoms with Crippen LogP contribution in [-0.2, 0) is 0 Å². The molecule has 0 aromatic heterocycles. The molecule has 1 fully saturated rings. The van der Waals surface area contributed by atoms with Crippen molar-refractivity contribution < 1.29 is 9.66 Å². The Balaban J connectivity index is 2.07. The van der Waals surface area contributed by atoms with Crippen molar-refractivity contribution in [2.45, 2.75) is 44.6 Å². The van der Waals surface area contributed by atoms with E-state index in [0.717, 1.165) is 24.3 Å². The van der Waals surface area contributed by atoms with E-state index in [1.165, 1.54) is 37.8 Å². The van der Waals surface area contributed by atoms with Gasteiger partial charge in [0.05, 0.1) is 12.0 Å². The molecular weight excluding hydrogens is 256 g/mol. The highest BCUT2D eigenvalue weighted by molar-refractivity contribution is 5.45. The zero-order chi connectivity index (χ0) is 14.5. The van der Waals surface area contributed by atoms with Gasteiger partial charge in [-0.05, 0) is 24.8 Å². The van der Waals surface area contributed by atoms with Gasteiger partial charge in [0.1, 0.15) is 5.75 Å². The Labute approximate surface area is 119 Å². The number of nitro benzene ring substituents is 1. The van der Waals surface area contributed by atoms with Gasteiger partial charge in [-0.25, -0.2) is 0 Å². The van der Waals surface area contributed by atoms with Gasteiger partial charge < -0.3 is 10.5 Å². The van der Waals surface area contributed by atoms with Crippen molar-refractivity contribution in [1.29, 1.82) is 0 Å². The summed E-state index contributed by atoms with van der Waals surface area (Å²) in [5.74, 6) is 1.40. The molecule has 20 heavy (non-hydrogen) atoms. The minimum absolute atomic E-state index is 0.0668. The van der Waals surface area contributed by atoms with Gasteiger partial charge in [-0.3, -0.25) is 10.1 Å². The minimum atomic E-state index is -0.396. The SMILES string of the molecule is COc1ccc([N+](=O)[O-])cc1C(N)CCC1CCCC1. The molecule has 0 radical (unpaired) electrons. The van der Waals surface area contributed by atoms with Crippen molar-refractivity contribution >= 4 is 5.69 Å². The predicted molar refractivity (Wildman–Crippen MR) is 77.8 cm³/mol. The summed E-state index contributed by atoms with van der Waals surface area (Å²) in [5, 5.41) is 10.9. The molecule has 2 N–H and O–H groups in total. The number of non-ortho nitro benzene ring substituents is 1. The number of benzene rings is 1. The van der Waals surface area contributed by atoms with E-state index in [1.807, 2.05) is 0 Å². The number of hydrogen-bond donors (Lipinski definition) is 1. The molecule has 1 atom stereocenters. The third-order valence-corrected chi connectivity index (χ3v) is 4.18. The molecule has 0 bridgehead atoms. The number of methoxy groups -OCH3 is 1. The zero-order valence-electron chi connectivity index (χ0n) is 11.9. The number of nitrogens with zero attached hydrogens (tertiary/aromatic N) is 1. The maximum absolute atomic E-state index is 10.9. The smallest absolute Gasteiger partial charge is 0.270 e. The van der Waals surface area contributed by atoms with E-state index >= 15 is 0 Å². The Morgan fingerprint density at radius 2 is 2.15 bits per heavy atom. The third kappa shape index (κ3) is 3.48. The lowest BCUT2D eigenvalue weighted by atomic mass is 9.94. The quantitative estimate of drug-likeness (QED) is 0.637. The zero-order valence-corrected chi connectivity index (χ0v) is 11.9. The molecule has 2 rings (SSSR count). The van der Waals surface area contributed by atoms with E-state index < -0.39 is 4.92 Å². The Bertz CT molecular complexity index is 470. The Kier molecular flexibility index (Phi) is 4.95. The van der Waals surface area contributed by atoms with Crippen LogP contribution in [0.5, 0.6) is 5.75 Å². The minimum Gasteiger partial charge on any atom is -0.496 e. The van der Waals surface area contributed by atoms with Gasteiger partial charge in [-0.15, -0.1) is 0 Å². The molecule has 5 nitrogen and oxygen atoms in total. The van der Waals surface area contributed by atoms with Crippen LogP contribution in [-0.4, -0.2) is 12.0 Å². The Morgan fingerprint density at radius 1 is 1.45 bits per heavy atom. The Morgan fingerprint density at radius 3 is 2.75 bits per heavy atom. The van der Waals surface area contributed by atoms with Crippen LogP contribution >= 0.6 is 0 Å². The molecule has 1 aliphatic rings. The highest BCUT2D eigenvalue weighted by Gasteiger charge is 2.20. The summed E-state index contributed by atoms with van der Waals surface area (Å²) in [7, 11) is 1.56. The molecule has 1 aromatic rings. The molecule has 0 heterocycles. The lowest BCUT2D eigenvalue weighted by Gasteiger charge is -2.17. The highest BCUT2D eigenvalue weighted by atomic mass is 16.6. The molecule has 1 aromatic carbocycles. The molecule has 0 spiro atoms. The van der Waals surface area contributed by atoms with E-state index in [0.29, 0.717) is 5.75 Å². The standard InChI is InChI=1S/C15H22N2O3/c1-20-15-9-7-12(17(18)19)10-13(15)14(16)8-6-11-4-2-3-5-11/h7,9-11,14H,2-6,8,16H2,1H3. The van der Waals surface area contributed by atoms with E-state index in [1.54, 1.807) is 13.2 Å². The second-order valence-electron chi connectivity index (χ2n) is 5.52. The summed E-state index contributed by atoms with van der Waals surface area (Å²) in [4.78, 5) is 10.5. The van der Waals surface area contributed by atoms with Crippen molar-refractivity contribution in [3.05, 3.63) is 33.9 Å². The summed E-state index contributed by atoms with van der Waals surface area (Å²) >= 11 is 0. The van der Waals surface area contributed by atoms with Gasteiger partial charge in [-0.1, -0.05) is 25.7 Å². The predicted octanol–water partition coefficient (Wildman–Crippen LogP) is 3.57. The fourth-order valence-electron chi connectivity index (χ4n) is 2.99. The molecular formula is C15H22N2O3. The average molecular weight is 278 g/mol. The van der Waals surface area contributed by atoms with Crippen molar-refractivity contribution in [3.63, 3.8) is 0 Å². The molecule has 1 saturated carbocycles. The maximum atomic E-state index is 10.9. The highest BCUT2D eigenvalue weighted by Crippen LogP contribution is 2.34.